The van der Waals surface area contributed by atoms with Crippen molar-refractivity contribution in [2.75, 3.05) is 10.5 Å². The molecule has 7 heteroatoms. The number of benzene rings is 1. The van der Waals surface area contributed by atoms with E-state index in [1.165, 1.54) is 6.07 Å². The lowest BCUT2D eigenvalue weighted by Crippen LogP contribution is -2.21. The van der Waals surface area contributed by atoms with E-state index in [-0.39, 0.29) is 22.9 Å². The summed E-state index contributed by atoms with van der Waals surface area (Å²) in [4.78, 5) is 11.0. The molecule has 0 aliphatic carbocycles. The maximum atomic E-state index is 13.2. The van der Waals surface area contributed by atoms with Crippen molar-refractivity contribution in [2.24, 2.45) is 11.7 Å². The highest BCUT2D eigenvalue weighted by Gasteiger charge is 2.16. The number of hydrogen-bond acceptors (Lipinski definition) is 3. The zero-order valence-corrected chi connectivity index (χ0v) is 11.6. The summed E-state index contributed by atoms with van der Waals surface area (Å²) in [5.74, 6) is -1.75. The molecule has 1 aromatic carbocycles. The maximum absolute atomic E-state index is 13.2. The third kappa shape index (κ3) is 4.51. The SMILES string of the molecule is CC[C@H](C)CS(=O)(=O)Nc1ccc(F)c(C(N)=O)c1. The van der Waals surface area contributed by atoms with Gasteiger partial charge >= 0.3 is 0 Å². The maximum Gasteiger partial charge on any atom is 0.251 e. The molecule has 1 amide bonds. The van der Waals surface area contributed by atoms with Gasteiger partial charge in [0.05, 0.1) is 11.3 Å². The van der Waals surface area contributed by atoms with Gasteiger partial charge in [-0.25, -0.2) is 12.8 Å². The van der Waals surface area contributed by atoms with Crippen LogP contribution in [0, 0.1) is 11.7 Å². The molecule has 106 valence electrons. The van der Waals surface area contributed by atoms with E-state index < -0.39 is 21.7 Å². The average Bonchev–Trinajstić information content (AvgIpc) is 2.30. The zero-order chi connectivity index (χ0) is 14.6. The number of hydrogen-bond donors (Lipinski definition) is 2. The third-order valence-corrected chi connectivity index (χ3v) is 4.26. The van der Waals surface area contributed by atoms with Gasteiger partial charge in [-0.1, -0.05) is 20.3 Å². The molecule has 0 saturated heterocycles. The molecule has 0 unspecified atom stereocenters. The van der Waals surface area contributed by atoms with Gasteiger partial charge in [0.1, 0.15) is 5.82 Å². The number of rotatable bonds is 6. The van der Waals surface area contributed by atoms with Crippen LogP contribution in [0.2, 0.25) is 0 Å². The molecular formula is C12H17FN2O3S. The first-order valence-corrected chi connectivity index (χ1v) is 7.50. The number of anilines is 1. The zero-order valence-electron chi connectivity index (χ0n) is 10.8. The normalized spacial score (nSPS) is 13.0. The molecule has 5 nitrogen and oxygen atoms in total. The highest BCUT2D eigenvalue weighted by Crippen LogP contribution is 2.17. The van der Waals surface area contributed by atoms with Gasteiger partial charge in [-0.3, -0.25) is 9.52 Å². The number of nitrogens with one attached hydrogen (secondary N) is 1. The Kier molecular flexibility index (Phi) is 4.88. The summed E-state index contributed by atoms with van der Waals surface area (Å²) < 4.78 is 39.2. The van der Waals surface area contributed by atoms with Crippen molar-refractivity contribution >= 4 is 21.6 Å². The van der Waals surface area contributed by atoms with E-state index >= 15 is 0 Å². The molecule has 0 heterocycles. The van der Waals surface area contributed by atoms with Crippen LogP contribution in [-0.2, 0) is 10.0 Å². The van der Waals surface area contributed by atoms with Crippen molar-refractivity contribution in [2.45, 2.75) is 20.3 Å². The molecule has 1 atom stereocenters. The lowest BCUT2D eigenvalue weighted by Gasteiger charge is -2.12. The average molecular weight is 288 g/mol. The van der Waals surface area contributed by atoms with E-state index in [2.05, 4.69) is 4.72 Å². The minimum atomic E-state index is -3.53. The second-order valence-corrected chi connectivity index (χ2v) is 6.22. The second-order valence-electron chi connectivity index (χ2n) is 4.46. The fourth-order valence-corrected chi connectivity index (χ4v) is 3.05. The van der Waals surface area contributed by atoms with Crippen LogP contribution in [0.5, 0.6) is 0 Å². The Hall–Kier alpha value is -1.63. The van der Waals surface area contributed by atoms with Crippen LogP contribution in [0.1, 0.15) is 30.6 Å². The standard InChI is InChI=1S/C12H17FN2O3S/c1-3-8(2)7-19(17,18)15-9-4-5-11(13)10(6-9)12(14)16/h4-6,8,15H,3,7H2,1-2H3,(H2,14,16)/t8-/m0/s1. The first kappa shape index (κ1) is 15.4. The Labute approximate surface area is 112 Å². The summed E-state index contributed by atoms with van der Waals surface area (Å²) in [6.45, 7) is 3.71. The number of carbonyl (C=O) groups excluding carboxylic acids is 1. The summed E-state index contributed by atoms with van der Waals surface area (Å²) >= 11 is 0. The van der Waals surface area contributed by atoms with Crippen LogP contribution in [0.15, 0.2) is 18.2 Å². The summed E-state index contributed by atoms with van der Waals surface area (Å²) in [5, 5.41) is 0. The molecule has 0 bridgehead atoms. The van der Waals surface area contributed by atoms with Crippen LogP contribution < -0.4 is 10.5 Å². The minimum Gasteiger partial charge on any atom is -0.366 e. The van der Waals surface area contributed by atoms with Crippen molar-refractivity contribution < 1.29 is 17.6 Å². The molecule has 1 aromatic rings. The molecule has 0 aliphatic rings. The number of sulfonamides is 1. The van der Waals surface area contributed by atoms with Crippen LogP contribution in [0.25, 0.3) is 0 Å². The van der Waals surface area contributed by atoms with Crippen LogP contribution in [0.3, 0.4) is 0 Å². The van der Waals surface area contributed by atoms with Gasteiger partial charge in [0, 0.05) is 5.69 Å². The van der Waals surface area contributed by atoms with Crippen LogP contribution in [-0.4, -0.2) is 20.1 Å². The monoisotopic (exact) mass is 288 g/mol. The van der Waals surface area contributed by atoms with Gasteiger partial charge in [0.15, 0.2) is 0 Å². The Morgan fingerprint density at radius 2 is 2.11 bits per heavy atom. The van der Waals surface area contributed by atoms with E-state index in [9.17, 15) is 17.6 Å². The highest BCUT2D eigenvalue weighted by atomic mass is 32.2. The number of nitrogens with two attached hydrogens (primary N) is 1. The predicted molar refractivity (Wildman–Crippen MR) is 71.8 cm³/mol. The molecule has 0 fully saturated rings. The molecule has 1 rings (SSSR count). The van der Waals surface area contributed by atoms with Gasteiger partial charge in [0.2, 0.25) is 10.0 Å². The summed E-state index contributed by atoms with van der Waals surface area (Å²) in [6, 6.07) is 3.34. The van der Waals surface area contributed by atoms with Gasteiger partial charge in [-0.15, -0.1) is 0 Å². The second kappa shape index (κ2) is 6.01. The van der Waals surface area contributed by atoms with Crippen molar-refractivity contribution in [3.05, 3.63) is 29.6 Å². The van der Waals surface area contributed by atoms with Gasteiger partial charge in [-0.05, 0) is 24.1 Å². The number of primary amides is 1. The van der Waals surface area contributed by atoms with E-state index in [1.54, 1.807) is 0 Å². The lowest BCUT2D eigenvalue weighted by molar-refractivity contribution is 0.0996. The number of carbonyl (C=O) groups is 1. The fourth-order valence-electron chi connectivity index (χ4n) is 1.49. The summed E-state index contributed by atoms with van der Waals surface area (Å²) in [5.41, 5.74) is 4.77. The molecule has 3 N–H and O–H groups in total. The highest BCUT2D eigenvalue weighted by molar-refractivity contribution is 7.92. The first-order chi connectivity index (χ1) is 8.75. The Morgan fingerprint density at radius 1 is 1.47 bits per heavy atom. The first-order valence-electron chi connectivity index (χ1n) is 5.85. The van der Waals surface area contributed by atoms with E-state index in [1.807, 2.05) is 13.8 Å². The molecule has 19 heavy (non-hydrogen) atoms. The quantitative estimate of drug-likeness (QED) is 0.835. The molecule has 0 spiro atoms. The summed E-state index contributed by atoms with van der Waals surface area (Å²) in [6.07, 6.45) is 0.733. The van der Waals surface area contributed by atoms with Gasteiger partial charge in [0.25, 0.3) is 5.91 Å². The van der Waals surface area contributed by atoms with Crippen molar-refractivity contribution in [1.82, 2.24) is 0 Å². The van der Waals surface area contributed by atoms with Crippen molar-refractivity contribution in [3.63, 3.8) is 0 Å². The lowest BCUT2D eigenvalue weighted by atomic mass is 10.2. The Bertz CT molecular complexity index is 572. The predicted octanol–water partition coefficient (Wildman–Crippen LogP) is 1.71. The van der Waals surface area contributed by atoms with Crippen molar-refractivity contribution in [1.29, 1.82) is 0 Å². The van der Waals surface area contributed by atoms with E-state index in [4.69, 9.17) is 5.73 Å². The smallest absolute Gasteiger partial charge is 0.251 e. The van der Waals surface area contributed by atoms with Crippen LogP contribution >= 0.6 is 0 Å². The molecule has 0 aliphatic heterocycles. The van der Waals surface area contributed by atoms with Gasteiger partial charge < -0.3 is 5.73 Å². The molecule has 0 saturated carbocycles. The Balaban J connectivity index is 2.94. The Morgan fingerprint density at radius 3 is 2.63 bits per heavy atom. The topological polar surface area (TPSA) is 89.3 Å². The molecular weight excluding hydrogens is 271 g/mol. The van der Waals surface area contributed by atoms with Crippen LogP contribution in [0.4, 0.5) is 10.1 Å². The van der Waals surface area contributed by atoms with Gasteiger partial charge in [-0.2, -0.15) is 0 Å². The summed E-state index contributed by atoms with van der Waals surface area (Å²) in [7, 11) is -3.53. The number of amides is 1. The minimum absolute atomic E-state index is 0.00793. The molecule has 0 radical (unpaired) electrons. The van der Waals surface area contributed by atoms with E-state index in [0.717, 1.165) is 18.6 Å². The third-order valence-electron chi connectivity index (χ3n) is 2.71. The molecule has 0 aromatic heterocycles. The fraction of sp³-hybridized carbons (Fsp3) is 0.417. The van der Waals surface area contributed by atoms with E-state index in [0.29, 0.717) is 0 Å². The number of halogens is 1. The largest absolute Gasteiger partial charge is 0.366 e. The van der Waals surface area contributed by atoms with Crippen molar-refractivity contribution in [3.8, 4) is 0 Å².